The SMILES string of the molecule is CCOCCC(CN)C(C)C. The van der Waals surface area contributed by atoms with Crippen molar-refractivity contribution in [3.05, 3.63) is 0 Å². The second-order valence-electron chi connectivity index (χ2n) is 3.23. The summed E-state index contributed by atoms with van der Waals surface area (Å²) in [7, 11) is 0. The summed E-state index contributed by atoms with van der Waals surface area (Å²) < 4.78 is 5.26. The maximum absolute atomic E-state index is 5.60. The standard InChI is InChI=1S/C9H21NO/c1-4-11-6-5-9(7-10)8(2)3/h8-9H,4-7,10H2,1-3H3. The molecule has 0 aromatic heterocycles. The van der Waals surface area contributed by atoms with Gasteiger partial charge in [0, 0.05) is 13.2 Å². The highest BCUT2D eigenvalue weighted by atomic mass is 16.5. The lowest BCUT2D eigenvalue weighted by Gasteiger charge is -2.17. The number of rotatable bonds is 6. The van der Waals surface area contributed by atoms with E-state index >= 15 is 0 Å². The normalized spacial score (nSPS) is 13.9. The summed E-state index contributed by atoms with van der Waals surface area (Å²) in [6.07, 6.45) is 1.10. The molecule has 0 amide bonds. The van der Waals surface area contributed by atoms with Crippen LogP contribution in [-0.2, 0) is 4.74 Å². The van der Waals surface area contributed by atoms with Gasteiger partial charge in [0.25, 0.3) is 0 Å². The van der Waals surface area contributed by atoms with Crippen LogP contribution < -0.4 is 5.73 Å². The lowest BCUT2D eigenvalue weighted by Crippen LogP contribution is -2.21. The Kier molecular flexibility index (Phi) is 6.57. The van der Waals surface area contributed by atoms with Crippen molar-refractivity contribution < 1.29 is 4.74 Å². The molecule has 0 rings (SSSR count). The van der Waals surface area contributed by atoms with Crippen LogP contribution in [0.2, 0.25) is 0 Å². The van der Waals surface area contributed by atoms with Gasteiger partial charge in [0.1, 0.15) is 0 Å². The van der Waals surface area contributed by atoms with Crippen LogP contribution in [0.3, 0.4) is 0 Å². The van der Waals surface area contributed by atoms with Gasteiger partial charge >= 0.3 is 0 Å². The third-order valence-corrected chi connectivity index (χ3v) is 2.08. The maximum atomic E-state index is 5.60. The Balaban J connectivity index is 3.36. The Morgan fingerprint density at radius 1 is 1.36 bits per heavy atom. The van der Waals surface area contributed by atoms with Crippen LogP contribution in [0.1, 0.15) is 27.2 Å². The Labute approximate surface area is 70.1 Å². The van der Waals surface area contributed by atoms with Gasteiger partial charge in [-0.3, -0.25) is 0 Å². The maximum Gasteiger partial charge on any atom is 0.0469 e. The van der Waals surface area contributed by atoms with Crippen molar-refractivity contribution >= 4 is 0 Å². The predicted molar refractivity (Wildman–Crippen MR) is 48.5 cm³/mol. The summed E-state index contributed by atoms with van der Waals surface area (Å²) in [4.78, 5) is 0. The Bertz CT molecular complexity index is 83.6. The molecule has 0 fully saturated rings. The number of nitrogens with two attached hydrogens (primary N) is 1. The van der Waals surface area contributed by atoms with E-state index in [0.29, 0.717) is 11.8 Å². The van der Waals surface area contributed by atoms with E-state index < -0.39 is 0 Å². The van der Waals surface area contributed by atoms with Crippen molar-refractivity contribution in [1.29, 1.82) is 0 Å². The molecule has 1 atom stereocenters. The van der Waals surface area contributed by atoms with Gasteiger partial charge in [0.2, 0.25) is 0 Å². The summed E-state index contributed by atoms with van der Waals surface area (Å²) >= 11 is 0. The van der Waals surface area contributed by atoms with Gasteiger partial charge in [-0.25, -0.2) is 0 Å². The molecule has 68 valence electrons. The molecule has 1 unspecified atom stereocenters. The first-order valence-electron chi connectivity index (χ1n) is 4.50. The smallest absolute Gasteiger partial charge is 0.0469 e. The fraction of sp³-hybridized carbons (Fsp3) is 1.00. The van der Waals surface area contributed by atoms with Crippen LogP contribution in [0.4, 0.5) is 0 Å². The summed E-state index contributed by atoms with van der Waals surface area (Å²) in [5.74, 6) is 1.31. The van der Waals surface area contributed by atoms with Crippen molar-refractivity contribution in [3.8, 4) is 0 Å². The van der Waals surface area contributed by atoms with Gasteiger partial charge in [-0.1, -0.05) is 13.8 Å². The summed E-state index contributed by atoms with van der Waals surface area (Å²) in [5, 5.41) is 0. The van der Waals surface area contributed by atoms with E-state index in [2.05, 4.69) is 13.8 Å². The zero-order valence-electron chi connectivity index (χ0n) is 7.97. The lowest BCUT2D eigenvalue weighted by atomic mass is 9.93. The molecule has 0 bridgehead atoms. The molecule has 0 radical (unpaired) electrons. The van der Waals surface area contributed by atoms with Gasteiger partial charge in [-0.15, -0.1) is 0 Å². The monoisotopic (exact) mass is 159 g/mol. The van der Waals surface area contributed by atoms with Crippen molar-refractivity contribution in [2.75, 3.05) is 19.8 Å². The van der Waals surface area contributed by atoms with Crippen LogP contribution in [-0.4, -0.2) is 19.8 Å². The zero-order chi connectivity index (χ0) is 8.69. The number of ether oxygens (including phenoxy) is 1. The van der Waals surface area contributed by atoms with Gasteiger partial charge < -0.3 is 10.5 Å². The van der Waals surface area contributed by atoms with Crippen LogP contribution in [0, 0.1) is 11.8 Å². The molecular formula is C9H21NO. The van der Waals surface area contributed by atoms with Crippen molar-refractivity contribution in [2.24, 2.45) is 17.6 Å². The first kappa shape index (κ1) is 10.9. The first-order chi connectivity index (χ1) is 5.22. The highest BCUT2D eigenvalue weighted by Crippen LogP contribution is 2.12. The van der Waals surface area contributed by atoms with E-state index in [1.54, 1.807) is 0 Å². The molecule has 0 saturated heterocycles. The third-order valence-electron chi connectivity index (χ3n) is 2.08. The van der Waals surface area contributed by atoms with Crippen molar-refractivity contribution in [2.45, 2.75) is 27.2 Å². The zero-order valence-corrected chi connectivity index (χ0v) is 7.97. The molecule has 2 N–H and O–H groups in total. The van der Waals surface area contributed by atoms with E-state index in [-0.39, 0.29) is 0 Å². The van der Waals surface area contributed by atoms with E-state index in [4.69, 9.17) is 10.5 Å². The number of hydrogen-bond acceptors (Lipinski definition) is 2. The van der Waals surface area contributed by atoms with E-state index in [1.165, 1.54) is 0 Å². The molecule has 0 aromatic carbocycles. The Morgan fingerprint density at radius 2 is 2.00 bits per heavy atom. The Hall–Kier alpha value is -0.0800. The lowest BCUT2D eigenvalue weighted by molar-refractivity contribution is 0.125. The fourth-order valence-electron chi connectivity index (χ4n) is 1.10. The highest BCUT2D eigenvalue weighted by Gasteiger charge is 2.10. The van der Waals surface area contributed by atoms with Crippen LogP contribution in [0.15, 0.2) is 0 Å². The molecule has 0 aromatic rings. The molecule has 0 spiro atoms. The first-order valence-corrected chi connectivity index (χ1v) is 4.50. The van der Waals surface area contributed by atoms with Gasteiger partial charge in [-0.2, -0.15) is 0 Å². The second kappa shape index (κ2) is 6.62. The molecule has 0 saturated carbocycles. The average molecular weight is 159 g/mol. The number of hydrogen-bond donors (Lipinski definition) is 1. The minimum atomic E-state index is 0.626. The third kappa shape index (κ3) is 5.22. The van der Waals surface area contributed by atoms with Crippen LogP contribution in [0.5, 0.6) is 0 Å². The van der Waals surface area contributed by atoms with Gasteiger partial charge in [0.05, 0.1) is 0 Å². The predicted octanol–water partition coefficient (Wildman–Crippen LogP) is 1.64. The summed E-state index contributed by atoms with van der Waals surface area (Å²) in [6.45, 7) is 8.90. The molecule has 11 heavy (non-hydrogen) atoms. The Morgan fingerprint density at radius 3 is 2.36 bits per heavy atom. The van der Waals surface area contributed by atoms with Gasteiger partial charge in [0.15, 0.2) is 0 Å². The molecule has 2 nitrogen and oxygen atoms in total. The van der Waals surface area contributed by atoms with Crippen molar-refractivity contribution in [1.82, 2.24) is 0 Å². The second-order valence-corrected chi connectivity index (χ2v) is 3.23. The average Bonchev–Trinajstić information content (AvgIpc) is 1.97. The molecule has 0 aliphatic heterocycles. The molecule has 0 heterocycles. The minimum Gasteiger partial charge on any atom is -0.382 e. The van der Waals surface area contributed by atoms with Crippen molar-refractivity contribution in [3.63, 3.8) is 0 Å². The summed E-state index contributed by atoms with van der Waals surface area (Å²) in [6, 6.07) is 0. The van der Waals surface area contributed by atoms with E-state index in [0.717, 1.165) is 26.2 Å². The minimum absolute atomic E-state index is 0.626. The quantitative estimate of drug-likeness (QED) is 0.598. The molecule has 0 aliphatic rings. The molecule has 0 aliphatic carbocycles. The van der Waals surface area contributed by atoms with Crippen LogP contribution in [0.25, 0.3) is 0 Å². The molecular weight excluding hydrogens is 138 g/mol. The fourth-order valence-corrected chi connectivity index (χ4v) is 1.10. The highest BCUT2D eigenvalue weighted by molar-refractivity contribution is 4.62. The molecule has 2 heteroatoms. The largest absolute Gasteiger partial charge is 0.382 e. The van der Waals surface area contributed by atoms with E-state index in [9.17, 15) is 0 Å². The topological polar surface area (TPSA) is 35.2 Å². The van der Waals surface area contributed by atoms with Gasteiger partial charge in [-0.05, 0) is 31.7 Å². The van der Waals surface area contributed by atoms with Crippen LogP contribution >= 0.6 is 0 Å². The van der Waals surface area contributed by atoms with E-state index in [1.807, 2.05) is 6.92 Å². The summed E-state index contributed by atoms with van der Waals surface area (Å²) in [5.41, 5.74) is 5.60.